The molecule has 1 fully saturated rings. The fraction of sp³-hybridized carbons (Fsp3) is 0.462. The fourth-order valence-electron chi connectivity index (χ4n) is 2.14. The summed E-state index contributed by atoms with van der Waals surface area (Å²) in [7, 11) is 1.64. The maximum absolute atomic E-state index is 12.1. The Hall–Kier alpha value is -1.35. The maximum Gasteiger partial charge on any atom is 0.179 e. The zero-order valence-electron chi connectivity index (χ0n) is 9.75. The number of Topliss-reactive ketones (excluding diaryl/α,β-unsaturated/α-hetero) is 1. The number of nitrogens with one attached hydrogen (secondary N) is 1. The first-order valence-electron chi connectivity index (χ1n) is 5.64. The van der Waals surface area contributed by atoms with Crippen LogP contribution in [0.2, 0.25) is 0 Å². The number of carbonyl (C=O) groups is 1. The van der Waals surface area contributed by atoms with Crippen molar-refractivity contribution in [3.8, 4) is 5.75 Å². The summed E-state index contributed by atoms with van der Waals surface area (Å²) in [6, 6.07) is 5.61. The van der Waals surface area contributed by atoms with Gasteiger partial charge in [0.25, 0.3) is 0 Å². The minimum Gasteiger partial charge on any atom is -0.496 e. The van der Waals surface area contributed by atoms with E-state index < -0.39 is 0 Å². The molecule has 16 heavy (non-hydrogen) atoms. The smallest absolute Gasteiger partial charge is 0.179 e. The van der Waals surface area contributed by atoms with Crippen LogP contribution in [0.3, 0.4) is 0 Å². The summed E-state index contributed by atoms with van der Waals surface area (Å²) < 4.78 is 5.18. The van der Waals surface area contributed by atoms with Gasteiger partial charge in [-0.1, -0.05) is 0 Å². The van der Waals surface area contributed by atoms with E-state index in [2.05, 4.69) is 5.32 Å². The van der Waals surface area contributed by atoms with E-state index >= 15 is 0 Å². The van der Waals surface area contributed by atoms with Crippen LogP contribution in [0.25, 0.3) is 0 Å². The molecule has 0 radical (unpaired) electrons. The van der Waals surface area contributed by atoms with Crippen molar-refractivity contribution in [3.05, 3.63) is 29.3 Å². The Morgan fingerprint density at radius 3 is 2.88 bits per heavy atom. The molecule has 1 aliphatic heterocycles. The summed E-state index contributed by atoms with van der Waals surface area (Å²) in [5.74, 6) is 1.03. The van der Waals surface area contributed by atoms with E-state index in [1.54, 1.807) is 7.11 Å². The molecule has 0 spiro atoms. The molecule has 0 aliphatic carbocycles. The molecule has 1 N–H and O–H groups in total. The number of methoxy groups -OCH3 is 1. The van der Waals surface area contributed by atoms with Crippen molar-refractivity contribution in [2.24, 2.45) is 0 Å². The van der Waals surface area contributed by atoms with Crippen molar-refractivity contribution < 1.29 is 9.53 Å². The molecule has 0 amide bonds. The highest BCUT2D eigenvalue weighted by molar-refractivity contribution is 6.00. The number of hydrogen-bond acceptors (Lipinski definition) is 3. The lowest BCUT2D eigenvalue weighted by Crippen LogP contribution is -2.30. The first-order valence-corrected chi connectivity index (χ1v) is 5.64. The third-order valence-corrected chi connectivity index (χ3v) is 3.06. The Labute approximate surface area is 95.8 Å². The van der Waals surface area contributed by atoms with Gasteiger partial charge in [0.2, 0.25) is 0 Å². The molecule has 1 atom stereocenters. The SMILES string of the molecule is COc1ccc(C(=O)C2CCCN2)cc1C. The summed E-state index contributed by atoms with van der Waals surface area (Å²) in [6.45, 7) is 2.91. The van der Waals surface area contributed by atoms with Gasteiger partial charge in [0.05, 0.1) is 13.2 Å². The minimum absolute atomic E-state index is 0.00722. The highest BCUT2D eigenvalue weighted by Gasteiger charge is 2.23. The lowest BCUT2D eigenvalue weighted by Gasteiger charge is -2.11. The van der Waals surface area contributed by atoms with Gasteiger partial charge in [-0.15, -0.1) is 0 Å². The van der Waals surface area contributed by atoms with E-state index in [4.69, 9.17) is 4.74 Å². The number of ether oxygens (including phenoxy) is 1. The number of ketones is 1. The molecule has 3 heteroatoms. The van der Waals surface area contributed by atoms with Crippen LogP contribution in [0.1, 0.15) is 28.8 Å². The maximum atomic E-state index is 12.1. The quantitative estimate of drug-likeness (QED) is 0.789. The summed E-state index contributed by atoms with van der Waals surface area (Å²) in [4.78, 5) is 12.1. The van der Waals surface area contributed by atoms with E-state index in [0.717, 1.165) is 36.3 Å². The predicted molar refractivity (Wildman–Crippen MR) is 63.1 cm³/mol. The molecule has 1 unspecified atom stereocenters. The lowest BCUT2D eigenvalue weighted by molar-refractivity contribution is 0.0952. The van der Waals surface area contributed by atoms with Crippen LogP contribution in [0.4, 0.5) is 0 Å². The van der Waals surface area contributed by atoms with Gasteiger partial charge in [-0.05, 0) is 50.1 Å². The average molecular weight is 219 g/mol. The molecular formula is C13H17NO2. The van der Waals surface area contributed by atoms with E-state index in [1.807, 2.05) is 25.1 Å². The van der Waals surface area contributed by atoms with Crippen LogP contribution >= 0.6 is 0 Å². The van der Waals surface area contributed by atoms with Gasteiger partial charge in [0, 0.05) is 5.56 Å². The molecular weight excluding hydrogens is 202 g/mol. The molecule has 0 bridgehead atoms. The number of benzene rings is 1. The highest BCUT2D eigenvalue weighted by Crippen LogP contribution is 2.20. The Morgan fingerprint density at radius 1 is 1.50 bits per heavy atom. The Balaban J connectivity index is 2.20. The molecule has 2 rings (SSSR count). The van der Waals surface area contributed by atoms with Crippen molar-refractivity contribution in [1.82, 2.24) is 5.32 Å². The second kappa shape index (κ2) is 4.66. The summed E-state index contributed by atoms with van der Waals surface area (Å²) in [5.41, 5.74) is 1.78. The fourth-order valence-corrected chi connectivity index (χ4v) is 2.14. The minimum atomic E-state index is 0.00722. The zero-order valence-corrected chi connectivity index (χ0v) is 9.75. The second-order valence-electron chi connectivity index (χ2n) is 4.20. The second-order valence-corrected chi connectivity index (χ2v) is 4.20. The first-order chi connectivity index (χ1) is 7.72. The van der Waals surface area contributed by atoms with E-state index in [0.29, 0.717) is 0 Å². The van der Waals surface area contributed by atoms with Gasteiger partial charge in [-0.3, -0.25) is 4.79 Å². The largest absolute Gasteiger partial charge is 0.496 e. The van der Waals surface area contributed by atoms with Crippen molar-refractivity contribution >= 4 is 5.78 Å². The van der Waals surface area contributed by atoms with Crippen LogP contribution < -0.4 is 10.1 Å². The zero-order chi connectivity index (χ0) is 11.5. The molecule has 1 aliphatic rings. The summed E-state index contributed by atoms with van der Waals surface area (Å²) >= 11 is 0. The van der Waals surface area contributed by atoms with Crippen LogP contribution in [0.15, 0.2) is 18.2 Å². The number of hydrogen-bond donors (Lipinski definition) is 1. The standard InChI is InChI=1S/C13H17NO2/c1-9-8-10(5-6-12(9)16-2)13(15)11-4-3-7-14-11/h5-6,8,11,14H,3-4,7H2,1-2H3. The van der Waals surface area contributed by atoms with Crippen LogP contribution in [0.5, 0.6) is 5.75 Å². The molecule has 3 nitrogen and oxygen atoms in total. The van der Waals surface area contributed by atoms with Gasteiger partial charge in [-0.25, -0.2) is 0 Å². The molecule has 1 aromatic rings. The van der Waals surface area contributed by atoms with Gasteiger partial charge in [-0.2, -0.15) is 0 Å². The van der Waals surface area contributed by atoms with Crippen molar-refractivity contribution in [3.63, 3.8) is 0 Å². The monoisotopic (exact) mass is 219 g/mol. The predicted octanol–water partition coefficient (Wildman–Crippen LogP) is 1.94. The van der Waals surface area contributed by atoms with Crippen molar-refractivity contribution in [2.75, 3.05) is 13.7 Å². The summed E-state index contributed by atoms with van der Waals surface area (Å²) in [5, 5.41) is 3.22. The molecule has 0 saturated carbocycles. The Bertz CT molecular complexity index is 395. The Morgan fingerprint density at radius 2 is 2.31 bits per heavy atom. The third-order valence-electron chi connectivity index (χ3n) is 3.06. The third kappa shape index (κ3) is 2.09. The van der Waals surface area contributed by atoms with E-state index in [9.17, 15) is 4.79 Å². The first kappa shape index (κ1) is 11.1. The Kier molecular flexibility index (Phi) is 3.25. The molecule has 86 valence electrons. The highest BCUT2D eigenvalue weighted by atomic mass is 16.5. The van der Waals surface area contributed by atoms with Crippen molar-refractivity contribution in [2.45, 2.75) is 25.8 Å². The van der Waals surface area contributed by atoms with Gasteiger partial charge in [0.1, 0.15) is 5.75 Å². The number of rotatable bonds is 3. The topological polar surface area (TPSA) is 38.3 Å². The lowest BCUT2D eigenvalue weighted by atomic mass is 10.0. The number of carbonyl (C=O) groups excluding carboxylic acids is 1. The molecule has 1 heterocycles. The van der Waals surface area contributed by atoms with Crippen molar-refractivity contribution in [1.29, 1.82) is 0 Å². The van der Waals surface area contributed by atoms with Gasteiger partial charge >= 0.3 is 0 Å². The van der Waals surface area contributed by atoms with Crippen LogP contribution in [0, 0.1) is 6.92 Å². The molecule has 0 aromatic heterocycles. The van der Waals surface area contributed by atoms with E-state index in [1.165, 1.54) is 0 Å². The van der Waals surface area contributed by atoms with E-state index in [-0.39, 0.29) is 11.8 Å². The van der Waals surface area contributed by atoms with Gasteiger partial charge in [0.15, 0.2) is 5.78 Å². The average Bonchev–Trinajstić information content (AvgIpc) is 2.81. The van der Waals surface area contributed by atoms with Crippen LogP contribution in [-0.4, -0.2) is 25.5 Å². The normalized spacial score (nSPS) is 19.8. The summed E-state index contributed by atoms with van der Waals surface area (Å²) in [6.07, 6.45) is 2.04. The van der Waals surface area contributed by atoms with Gasteiger partial charge < -0.3 is 10.1 Å². The number of aryl methyl sites for hydroxylation is 1. The van der Waals surface area contributed by atoms with Crippen LogP contribution in [-0.2, 0) is 0 Å². The molecule has 1 saturated heterocycles. The molecule has 1 aromatic carbocycles.